The molecule has 1 atom stereocenters. The van der Waals surface area contributed by atoms with Crippen LogP contribution in [0.1, 0.15) is 60.6 Å². The van der Waals surface area contributed by atoms with E-state index in [0.717, 1.165) is 58.2 Å². The Balaban J connectivity index is 1.66. The average Bonchev–Trinajstić information content (AvgIpc) is 3.13. The summed E-state index contributed by atoms with van der Waals surface area (Å²) in [6.07, 6.45) is 8.09. The van der Waals surface area contributed by atoms with Crippen LogP contribution in [0.25, 0.3) is 0 Å². The van der Waals surface area contributed by atoms with E-state index < -0.39 is 0 Å². The highest BCUT2D eigenvalue weighted by Crippen LogP contribution is 2.32. The van der Waals surface area contributed by atoms with Crippen LogP contribution < -0.4 is 4.90 Å². The minimum atomic E-state index is -0.0846. The molecule has 0 spiro atoms. The number of hydrogen-bond donors (Lipinski definition) is 0. The predicted molar refractivity (Wildman–Crippen MR) is 107 cm³/mol. The van der Waals surface area contributed by atoms with Crippen molar-refractivity contribution in [2.24, 2.45) is 0 Å². The molecule has 2 fully saturated rings. The van der Waals surface area contributed by atoms with Gasteiger partial charge in [-0.15, -0.1) is 0 Å². The fourth-order valence-electron chi connectivity index (χ4n) is 4.09. The molecule has 6 heteroatoms. The second-order valence-corrected chi connectivity index (χ2v) is 7.74. The van der Waals surface area contributed by atoms with Gasteiger partial charge >= 0.3 is 0 Å². The minimum Gasteiger partial charge on any atom is -0.341 e. The Labute approximate surface area is 165 Å². The number of hydrogen-bond acceptors (Lipinski definition) is 4. The van der Waals surface area contributed by atoms with Crippen LogP contribution in [0.5, 0.6) is 0 Å². The molecule has 2 aliphatic heterocycles. The van der Waals surface area contributed by atoms with Crippen LogP contribution in [0.15, 0.2) is 36.5 Å². The van der Waals surface area contributed by atoms with Crippen LogP contribution in [-0.2, 0) is 0 Å². The minimum absolute atomic E-state index is 0.0717. The first-order valence-corrected chi connectivity index (χ1v) is 10.3. The van der Waals surface area contributed by atoms with E-state index in [1.807, 2.05) is 23.1 Å². The molecule has 142 valence electrons. The largest absolute Gasteiger partial charge is 0.341 e. The molecule has 1 aromatic heterocycles. The molecule has 3 heterocycles. The van der Waals surface area contributed by atoms with Crippen LogP contribution in [-0.4, -0.2) is 40.4 Å². The maximum atomic E-state index is 13.5. The van der Waals surface area contributed by atoms with E-state index in [-0.39, 0.29) is 11.9 Å². The lowest BCUT2D eigenvalue weighted by Gasteiger charge is -2.30. The molecule has 27 heavy (non-hydrogen) atoms. The van der Waals surface area contributed by atoms with Gasteiger partial charge in [0.25, 0.3) is 5.91 Å². The normalized spacial score (nSPS) is 20.6. The molecule has 2 aliphatic rings. The smallest absolute Gasteiger partial charge is 0.274 e. The van der Waals surface area contributed by atoms with Gasteiger partial charge in [-0.1, -0.05) is 54.8 Å². The Morgan fingerprint density at radius 2 is 1.74 bits per heavy atom. The molecule has 4 rings (SSSR count). The third kappa shape index (κ3) is 3.93. The first kappa shape index (κ1) is 18.2. The van der Waals surface area contributed by atoms with Crippen molar-refractivity contribution in [1.82, 2.24) is 14.9 Å². The van der Waals surface area contributed by atoms with Crippen LogP contribution in [0, 0.1) is 0 Å². The highest BCUT2D eigenvalue weighted by atomic mass is 35.5. The van der Waals surface area contributed by atoms with E-state index in [0.29, 0.717) is 16.7 Å². The van der Waals surface area contributed by atoms with E-state index >= 15 is 0 Å². The molecule has 0 bridgehead atoms. The van der Waals surface area contributed by atoms with Gasteiger partial charge in [-0.25, -0.2) is 9.97 Å². The molecule has 0 aliphatic carbocycles. The monoisotopic (exact) mass is 384 g/mol. The first-order valence-electron chi connectivity index (χ1n) is 9.87. The van der Waals surface area contributed by atoms with Crippen LogP contribution in [0.4, 0.5) is 5.95 Å². The predicted octanol–water partition coefficient (Wildman–Crippen LogP) is 4.49. The summed E-state index contributed by atoms with van der Waals surface area (Å²) in [4.78, 5) is 26.5. The summed E-state index contributed by atoms with van der Waals surface area (Å²) in [6, 6.07) is 10.4. The van der Waals surface area contributed by atoms with Gasteiger partial charge in [-0.3, -0.25) is 4.79 Å². The number of aromatic nitrogens is 2. The van der Waals surface area contributed by atoms with E-state index in [9.17, 15) is 4.79 Å². The van der Waals surface area contributed by atoms with Gasteiger partial charge in [0.2, 0.25) is 5.95 Å². The molecule has 5 nitrogen and oxygen atoms in total. The summed E-state index contributed by atoms with van der Waals surface area (Å²) >= 11 is 6.36. The summed E-state index contributed by atoms with van der Waals surface area (Å²) in [5, 5.41) is 0.332. The van der Waals surface area contributed by atoms with Crippen LogP contribution in [0.2, 0.25) is 5.02 Å². The van der Waals surface area contributed by atoms with Crippen molar-refractivity contribution in [3.05, 3.63) is 52.8 Å². The number of carbonyl (C=O) groups is 1. The molecule has 2 aromatic rings. The Morgan fingerprint density at radius 3 is 2.52 bits per heavy atom. The molecular formula is C21H25ClN4O. The molecule has 1 aromatic carbocycles. The summed E-state index contributed by atoms with van der Waals surface area (Å²) in [5.74, 6) is 0.532. The number of carbonyl (C=O) groups excluding carboxylic acids is 1. The summed E-state index contributed by atoms with van der Waals surface area (Å²) < 4.78 is 0. The van der Waals surface area contributed by atoms with Crippen molar-refractivity contribution in [2.45, 2.75) is 44.6 Å². The topological polar surface area (TPSA) is 49.3 Å². The average molecular weight is 385 g/mol. The number of nitrogens with zero attached hydrogens (tertiary/aromatic N) is 4. The first-order chi connectivity index (χ1) is 13.2. The third-order valence-electron chi connectivity index (χ3n) is 5.52. The summed E-state index contributed by atoms with van der Waals surface area (Å²) in [7, 11) is 0. The van der Waals surface area contributed by atoms with Crippen LogP contribution in [0.3, 0.4) is 0 Å². The molecule has 0 radical (unpaired) electrons. The number of anilines is 1. The van der Waals surface area contributed by atoms with Gasteiger partial charge in [0.15, 0.2) is 5.69 Å². The van der Waals surface area contributed by atoms with E-state index in [1.54, 1.807) is 6.20 Å². The Kier molecular flexibility index (Phi) is 5.58. The fourth-order valence-corrected chi connectivity index (χ4v) is 4.26. The van der Waals surface area contributed by atoms with Crippen molar-refractivity contribution in [3.63, 3.8) is 0 Å². The van der Waals surface area contributed by atoms with E-state index in [2.05, 4.69) is 27.0 Å². The number of likely N-dealkylation sites (tertiary alicyclic amines) is 1. The van der Waals surface area contributed by atoms with Crippen molar-refractivity contribution in [2.75, 3.05) is 24.5 Å². The van der Waals surface area contributed by atoms with Crippen molar-refractivity contribution in [3.8, 4) is 0 Å². The SMILES string of the molecule is O=C(c1nc(N2CCCC2)ncc1Cl)N1CCCCCC1c1ccccc1. The van der Waals surface area contributed by atoms with E-state index in [4.69, 9.17) is 11.6 Å². The maximum Gasteiger partial charge on any atom is 0.274 e. The number of amides is 1. The number of benzene rings is 1. The quantitative estimate of drug-likeness (QED) is 0.782. The molecule has 1 unspecified atom stereocenters. The Morgan fingerprint density at radius 1 is 1.00 bits per heavy atom. The lowest BCUT2D eigenvalue weighted by atomic mass is 10.0. The molecule has 1 amide bonds. The fraction of sp³-hybridized carbons (Fsp3) is 0.476. The lowest BCUT2D eigenvalue weighted by Crippen LogP contribution is -2.36. The standard InChI is InChI=1S/C21H25ClN4O/c22-17-15-23-21(25-12-7-8-13-25)24-19(17)20(27)26-14-6-2-5-11-18(26)16-9-3-1-4-10-16/h1,3-4,9-10,15,18H,2,5-8,11-14H2. The highest BCUT2D eigenvalue weighted by molar-refractivity contribution is 6.33. The second-order valence-electron chi connectivity index (χ2n) is 7.34. The molecule has 2 saturated heterocycles. The second kappa shape index (κ2) is 8.26. The highest BCUT2D eigenvalue weighted by Gasteiger charge is 2.30. The van der Waals surface area contributed by atoms with E-state index in [1.165, 1.54) is 5.56 Å². The van der Waals surface area contributed by atoms with Crippen molar-refractivity contribution >= 4 is 23.5 Å². The van der Waals surface area contributed by atoms with Gasteiger partial charge < -0.3 is 9.80 Å². The molecule has 0 saturated carbocycles. The zero-order valence-corrected chi connectivity index (χ0v) is 16.2. The Bertz CT molecular complexity index is 792. The Hall–Kier alpha value is -2.14. The molecular weight excluding hydrogens is 360 g/mol. The number of rotatable bonds is 3. The molecule has 0 N–H and O–H groups in total. The van der Waals surface area contributed by atoms with Gasteiger partial charge in [0, 0.05) is 19.6 Å². The van der Waals surface area contributed by atoms with Gasteiger partial charge in [0.1, 0.15) is 0 Å². The summed E-state index contributed by atoms with van der Waals surface area (Å²) in [6.45, 7) is 2.61. The van der Waals surface area contributed by atoms with Gasteiger partial charge in [-0.2, -0.15) is 0 Å². The zero-order chi connectivity index (χ0) is 18.6. The maximum absolute atomic E-state index is 13.5. The lowest BCUT2D eigenvalue weighted by molar-refractivity contribution is 0.0675. The van der Waals surface area contributed by atoms with Crippen molar-refractivity contribution in [1.29, 1.82) is 0 Å². The summed E-state index contributed by atoms with van der Waals surface area (Å²) in [5.41, 5.74) is 1.51. The number of halogens is 1. The third-order valence-corrected chi connectivity index (χ3v) is 5.80. The van der Waals surface area contributed by atoms with Crippen molar-refractivity contribution < 1.29 is 4.79 Å². The van der Waals surface area contributed by atoms with Gasteiger partial charge in [0.05, 0.1) is 17.3 Å². The van der Waals surface area contributed by atoms with Crippen LogP contribution >= 0.6 is 11.6 Å². The van der Waals surface area contributed by atoms with Gasteiger partial charge in [-0.05, 0) is 31.2 Å². The zero-order valence-electron chi connectivity index (χ0n) is 15.5.